The maximum Gasteiger partial charge on any atom is 0.475 e. The van der Waals surface area contributed by atoms with Gasteiger partial charge in [0, 0.05) is 22.7 Å². The minimum atomic E-state index is -4.24. The first-order valence-electron chi connectivity index (χ1n) is 20.7. The van der Waals surface area contributed by atoms with E-state index in [1.54, 1.807) is 13.8 Å². The number of aliphatic hydroxyl groups is 2. The van der Waals surface area contributed by atoms with Gasteiger partial charge in [-0.2, -0.15) is 0 Å². The predicted octanol–water partition coefficient (Wildman–Crippen LogP) is 7.93. The molecule has 1 aliphatic carbocycles. The summed E-state index contributed by atoms with van der Waals surface area (Å²) in [6, 6.07) is 21.4. The zero-order valence-corrected chi connectivity index (χ0v) is 37.5. The number of phosphoric ester groups is 1. The van der Waals surface area contributed by atoms with Crippen LogP contribution in [0.25, 0.3) is 21.6 Å². The number of carbonyl (C=O) groups excluding carboxylic acids is 1. The molecule has 3 aromatic rings. The number of nitrogens with one attached hydrogen (secondary N) is 1. The van der Waals surface area contributed by atoms with Crippen molar-refractivity contribution in [3.63, 3.8) is 0 Å². The molecule has 10 atom stereocenters. The normalized spacial score (nSPS) is 29.9. The maximum absolute atomic E-state index is 14.1. The topological polar surface area (TPSA) is 209 Å². The highest BCUT2D eigenvalue weighted by atomic mass is 31.2. The first-order valence-corrected chi connectivity index (χ1v) is 25.1. The second-order valence-electron chi connectivity index (χ2n) is 17.7. The van der Waals surface area contributed by atoms with Gasteiger partial charge in [0.2, 0.25) is 0 Å². The van der Waals surface area contributed by atoms with Crippen molar-refractivity contribution in [3.8, 4) is 11.1 Å². The van der Waals surface area contributed by atoms with E-state index in [2.05, 4.69) is 48.2 Å². The molecule has 5 unspecified atom stereocenters. The summed E-state index contributed by atoms with van der Waals surface area (Å²) in [7, 11) is -6.73. The predicted molar refractivity (Wildman–Crippen MR) is 226 cm³/mol. The van der Waals surface area contributed by atoms with E-state index in [-0.39, 0.29) is 37.4 Å². The highest BCUT2D eigenvalue weighted by Crippen LogP contribution is 2.55. The lowest BCUT2D eigenvalue weighted by Crippen LogP contribution is -2.62. The monoisotopic (exact) mass is 880 g/mol. The van der Waals surface area contributed by atoms with Crippen molar-refractivity contribution in [1.29, 1.82) is 0 Å². The van der Waals surface area contributed by atoms with E-state index >= 15 is 0 Å². The summed E-state index contributed by atoms with van der Waals surface area (Å²) in [5.74, 6) is -1.53. The molecule has 3 aliphatic heterocycles. The van der Waals surface area contributed by atoms with Gasteiger partial charge in [-0.3, -0.25) is 13.6 Å². The Morgan fingerprint density at radius 3 is 2.05 bits per heavy atom. The number of fused-ring (bicyclic) bond motifs is 4. The van der Waals surface area contributed by atoms with Gasteiger partial charge in [0.25, 0.3) is 0 Å². The second-order valence-corrected chi connectivity index (χ2v) is 24.1. The number of alkyl carbamates (subject to hydrolysis) is 1. The number of ether oxygens (including phenoxy) is 4. The molecule has 0 spiro atoms. The maximum atomic E-state index is 14.1. The Balaban J connectivity index is 1.11. The Morgan fingerprint density at radius 1 is 0.902 bits per heavy atom. The van der Waals surface area contributed by atoms with Crippen molar-refractivity contribution in [2.24, 2.45) is 17.0 Å². The summed E-state index contributed by atoms with van der Waals surface area (Å²) in [5, 5.41) is 28.7. The summed E-state index contributed by atoms with van der Waals surface area (Å²) in [6.07, 6.45) is -7.20. The van der Waals surface area contributed by atoms with Crippen molar-refractivity contribution in [2.45, 2.75) is 121 Å². The van der Waals surface area contributed by atoms with Crippen LogP contribution >= 0.6 is 7.82 Å². The van der Waals surface area contributed by atoms with Crippen LogP contribution in [0.3, 0.4) is 0 Å². The standard InChI is InChI=1S/C43H57N4O12PSi/c1-25-35(57-41(37(38(25)49)46-47-44)59-61(6,7)43(3,4)5)24-52-40-36(45-42(50)53-23-33-31-18-12-10-16-29(31)30-17-11-13-19-32(30)33)26(2)39(34(20-48)56-40)58-60(51)54-21-27-14-8-9-15-28(27)22-55-60/h8-19,25-26,33-41,48-49H,20-24H2,1-7H3,(H,45,50)/t25-,26-,34?,35?,36?,37?,38+,39+,40-,41?/m1/s1. The Kier molecular flexibility index (Phi) is 13.8. The Labute approximate surface area is 357 Å². The molecule has 0 radical (unpaired) electrons. The van der Waals surface area contributed by atoms with Crippen LogP contribution in [0.1, 0.15) is 62.8 Å². The van der Waals surface area contributed by atoms with Crippen LogP contribution in [0.5, 0.6) is 0 Å². The van der Waals surface area contributed by atoms with Crippen molar-refractivity contribution in [2.75, 3.05) is 19.8 Å². The average Bonchev–Trinajstić information content (AvgIpc) is 3.45. The van der Waals surface area contributed by atoms with Crippen molar-refractivity contribution in [3.05, 3.63) is 105 Å². The summed E-state index contributed by atoms with van der Waals surface area (Å²) in [6.45, 7) is 13.0. The molecule has 16 nitrogen and oxygen atoms in total. The Bertz CT molecular complexity index is 2060. The summed E-state index contributed by atoms with van der Waals surface area (Å²) >= 11 is 0. The molecule has 0 bridgehead atoms. The van der Waals surface area contributed by atoms with E-state index in [0.29, 0.717) is 0 Å². The van der Waals surface area contributed by atoms with E-state index in [0.717, 1.165) is 33.4 Å². The van der Waals surface area contributed by atoms with Crippen LogP contribution < -0.4 is 5.32 Å². The van der Waals surface area contributed by atoms with Gasteiger partial charge in [-0.05, 0) is 57.0 Å². The lowest BCUT2D eigenvalue weighted by molar-refractivity contribution is -0.279. The molecule has 2 fully saturated rings. The van der Waals surface area contributed by atoms with E-state index in [9.17, 15) is 25.1 Å². The van der Waals surface area contributed by atoms with Crippen LogP contribution in [0.2, 0.25) is 18.1 Å². The fraction of sp³-hybridized carbons (Fsp3) is 0.558. The highest BCUT2D eigenvalue weighted by molar-refractivity contribution is 7.48. The van der Waals surface area contributed by atoms with Crippen LogP contribution in [0.15, 0.2) is 77.9 Å². The number of benzene rings is 3. The van der Waals surface area contributed by atoms with E-state index in [4.69, 9.17) is 36.9 Å². The Morgan fingerprint density at radius 2 is 1.48 bits per heavy atom. The van der Waals surface area contributed by atoms with Crippen LogP contribution in [0, 0.1) is 11.8 Å². The third kappa shape index (κ3) is 9.64. The highest BCUT2D eigenvalue weighted by Gasteiger charge is 2.52. The fourth-order valence-corrected chi connectivity index (χ4v) is 10.7. The smallest absolute Gasteiger partial charge is 0.449 e. The minimum absolute atomic E-state index is 0.0293. The van der Waals surface area contributed by atoms with Gasteiger partial charge in [0.05, 0.1) is 44.7 Å². The van der Waals surface area contributed by atoms with E-state index in [1.807, 2.05) is 73.8 Å². The number of hydrogen-bond donors (Lipinski definition) is 3. The lowest BCUT2D eigenvalue weighted by Gasteiger charge is -2.48. The van der Waals surface area contributed by atoms with Gasteiger partial charge >= 0.3 is 13.9 Å². The summed E-state index contributed by atoms with van der Waals surface area (Å²) in [4.78, 5) is 16.8. The number of phosphoric acid groups is 1. The zero-order chi connectivity index (χ0) is 43.7. The number of nitrogens with zero attached hydrogens (tertiary/aromatic N) is 3. The molecule has 1 amide bonds. The molecule has 0 saturated carbocycles. The first-order chi connectivity index (χ1) is 29.0. The molecule has 2 saturated heterocycles. The van der Waals surface area contributed by atoms with Crippen molar-refractivity contribution < 1.29 is 56.5 Å². The van der Waals surface area contributed by atoms with Gasteiger partial charge < -0.3 is 38.9 Å². The molecule has 61 heavy (non-hydrogen) atoms. The molecule has 7 rings (SSSR count). The molecule has 18 heteroatoms. The quantitative estimate of drug-likeness (QED) is 0.0521. The minimum Gasteiger partial charge on any atom is -0.449 e. The molecule has 330 valence electrons. The van der Waals surface area contributed by atoms with Gasteiger partial charge in [-0.15, -0.1) is 0 Å². The van der Waals surface area contributed by atoms with Crippen molar-refractivity contribution >= 4 is 22.2 Å². The Hall–Kier alpha value is -3.67. The molecular formula is C43H57N4O12PSi. The molecule has 0 aromatic heterocycles. The number of hydrogen-bond acceptors (Lipinski definition) is 13. The number of amides is 1. The van der Waals surface area contributed by atoms with Crippen molar-refractivity contribution in [1.82, 2.24) is 5.32 Å². The van der Waals surface area contributed by atoms with Crippen LogP contribution in [-0.4, -0.2) is 93.5 Å². The van der Waals surface area contributed by atoms with Crippen LogP contribution in [-0.2, 0) is 54.7 Å². The molecule has 3 N–H and O–H groups in total. The summed E-state index contributed by atoms with van der Waals surface area (Å²) in [5.41, 5.74) is 15.2. The third-order valence-corrected chi connectivity index (χ3v) is 18.7. The van der Waals surface area contributed by atoms with Gasteiger partial charge in [0.1, 0.15) is 24.9 Å². The molecule has 4 aliphatic rings. The summed E-state index contributed by atoms with van der Waals surface area (Å²) < 4.78 is 63.4. The fourth-order valence-electron chi connectivity index (χ4n) is 8.13. The SMILES string of the molecule is C[C@@H]1C(CO[C@@H]2OC(CO)[C@@H](OP3(=O)OCc4ccccc4CO3)[C@H](C)C2NC(=O)OCC2c3ccccc3-c3ccccc32)OC(O[Si](C)(C)C(C)(C)C)C(N=[N+]=[N-])[C@H]1O. The zero-order valence-electron chi connectivity index (χ0n) is 35.6. The van der Waals surface area contributed by atoms with Crippen LogP contribution in [0.4, 0.5) is 4.79 Å². The third-order valence-electron chi connectivity index (χ3n) is 12.9. The van der Waals surface area contributed by atoms with Gasteiger partial charge in [-0.1, -0.05) is 113 Å². The molecule has 3 heterocycles. The largest absolute Gasteiger partial charge is 0.475 e. The van der Waals surface area contributed by atoms with Gasteiger partial charge in [0.15, 0.2) is 20.9 Å². The average molecular weight is 881 g/mol. The number of rotatable bonds is 12. The second kappa shape index (κ2) is 18.6. The van der Waals surface area contributed by atoms with E-state index < -0.39 is 89.8 Å². The van der Waals surface area contributed by atoms with E-state index in [1.165, 1.54) is 0 Å². The molecular weight excluding hydrogens is 824 g/mol. The molecule has 3 aromatic carbocycles. The number of carbonyl (C=O) groups is 1. The number of azide groups is 1. The lowest BCUT2D eigenvalue weighted by atomic mass is 9.88. The van der Waals surface area contributed by atoms with Gasteiger partial charge in [-0.25, -0.2) is 9.36 Å². The number of aliphatic hydroxyl groups excluding tert-OH is 2. The first kappa shape index (κ1) is 45.4.